The second-order valence-corrected chi connectivity index (χ2v) is 4.29. The van der Waals surface area contributed by atoms with Gasteiger partial charge < -0.3 is 10.3 Å². The lowest BCUT2D eigenvalue weighted by molar-refractivity contribution is 0.682. The lowest BCUT2D eigenvalue weighted by atomic mass is 10.4. The minimum Gasteiger partial charge on any atom is -0.382 e. The lowest BCUT2D eigenvalue weighted by Crippen LogP contribution is -1.98. The number of rotatable bonds is 1. The molecule has 2 aromatic heterocycles. The highest BCUT2D eigenvalue weighted by atomic mass is 15.2. The minimum absolute atomic E-state index is 0.458. The van der Waals surface area contributed by atoms with Crippen molar-refractivity contribution < 1.29 is 0 Å². The molecule has 2 unspecified atom stereocenters. The highest BCUT2D eigenvalue weighted by molar-refractivity contribution is 5.81. The van der Waals surface area contributed by atoms with Crippen LogP contribution in [-0.2, 0) is 0 Å². The van der Waals surface area contributed by atoms with Gasteiger partial charge in [-0.05, 0) is 11.8 Å². The molecule has 1 aliphatic carbocycles. The van der Waals surface area contributed by atoms with E-state index in [1.807, 2.05) is 6.33 Å². The number of imidazole rings is 1. The summed E-state index contributed by atoms with van der Waals surface area (Å²) in [5, 5.41) is 0. The van der Waals surface area contributed by atoms with E-state index >= 15 is 0 Å². The van der Waals surface area contributed by atoms with E-state index in [9.17, 15) is 0 Å². The standard InChI is InChI=1S/C10H13N5/c1-5-6(2)8(5)15-4-14-7-9(11)12-3-13-10(7)15/h3-6,8H,1-2H3,(H2,11,12,13)/t5-,6?,8?/m0/s1. The minimum atomic E-state index is 0.458. The van der Waals surface area contributed by atoms with Gasteiger partial charge in [-0.3, -0.25) is 0 Å². The van der Waals surface area contributed by atoms with Gasteiger partial charge in [0.1, 0.15) is 11.8 Å². The molecule has 2 N–H and O–H groups in total. The Morgan fingerprint density at radius 2 is 1.93 bits per heavy atom. The molecule has 5 nitrogen and oxygen atoms in total. The fourth-order valence-corrected chi connectivity index (χ4v) is 2.23. The van der Waals surface area contributed by atoms with Crippen LogP contribution in [0.2, 0.25) is 0 Å². The molecular weight excluding hydrogens is 190 g/mol. The number of anilines is 1. The van der Waals surface area contributed by atoms with Crippen molar-refractivity contribution in [2.45, 2.75) is 19.9 Å². The molecule has 3 atom stereocenters. The number of hydrogen-bond acceptors (Lipinski definition) is 4. The van der Waals surface area contributed by atoms with Crippen LogP contribution in [0, 0.1) is 11.8 Å². The molecule has 3 rings (SSSR count). The maximum Gasteiger partial charge on any atom is 0.165 e. The number of aromatic nitrogens is 4. The molecule has 0 aliphatic heterocycles. The van der Waals surface area contributed by atoms with E-state index in [2.05, 4.69) is 33.4 Å². The van der Waals surface area contributed by atoms with Gasteiger partial charge in [0.05, 0.1) is 6.33 Å². The monoisotopic (exact) mass is 203 g/mol. The molecule has 0 saturated heterocycles. The molecule has 1 saturated carbocycles. The van der Waals surface area contributed by atoms with E-state index in [0.29, 0.717) is 29.2 Å². The Hall–Kier alpha value is -1.65. The van der Waals surface area contributed by atoms with Crippen molar-refractivity contribution >= 4 is 17.0 Å². The number of hydrogen-bond donors (Lipinski definition) is 1. The largest absolute Gasteiger partial charge is 0.382 e. The van der Waals surface area contributed by atoms with Crippen molar-refractivity contribution in [3.63, 3.8) is 0 Å². The first kappa shape index (κ1) is 8.64. The van der Waals surface area contributed by atoms with Crippen molar-refractivity contribution in [1.29, 1.82) is 0 Å². The Morgan fingerprint density at radius 1 is 1.20 bits per heavy atom. The first-order valence-corrected chi connectivity index (χ1v) is 5.13. The molecule has 2 heterocycles. The average molecular weight is 203 g/mol. The van der Waals surface area contributed by atoms with Crippen molar-refractivity contribution in [3.05, 3.63) is 12.7 Å². The Balaban J connectivity index is 2.17. The molecule has 0 amide bonds. The summed E-state index contributed by atoms with van der Waals surface area (Å²) in [5.41, 5.74) is 7.29. The zero-order valence-corrected chi connectivity index (χ0v) is 8.75. The third-order valence-corrected chi connectivity index (χ3v) is 3.47. The molecule has 0 spiro atoms. The fraction of sp³-hybridized carbons (Fsp3) is 0.500. The summed E-state index contributed by atoms with van der Waals surface area (Å²) in [6.07, 6.45) is 3.31. The summed E-state index contributed by atoms with van der Waals surface area (Å²) in [6.45, 7) is 4.48. The maximum absolute atomic E-state index is 5.73. The summed E-state index contributed by atoms with van der Waals surface area (Å²) in [5.74, 6) is 1.84. The van der Waals surface area contributed by atoms with Crippen LogP contribution in [0.25, 0.3) is 11.2 Å². The first-order valence-electron chi connectivity index (χ1n) is 5.13. The molecule has 1 aliphatic rings. The smallest absolute Gasteiger partial charge is 0.165 e. The van der Waals surface area contributed by atoms with Gasteiger partial charge in [0, 0.05) is 6.04 Å². The van der Waals surface area contributed by atoms with Gasteiger partial charge in [-0.15, -0.1) is 0 Å². The van der Waals surface area contributed by atoms with Gasteiger partial charge in [0.15, 0.2) is 11.5 Å². The zero-order chi connectivity index (χ0) is 10.6. The van der Waals surface area contributed by atoms with Crippen LogP contribution in [0.3, 0.4) is 0 Å². The number of nitrogens with zero attached hydrogens (tertiary/aromatic N) is 4. The molecule has 0 radical (unpaired) electrons. The third kappa shape index (κ3) is 1.06. The number of fused-ring (bicyclic) bond motifs is 1. The van der Waals surface area contributed by atoms with Crippen molar-refractivity contribution in [1.82, 2.24) is 19.5 Å². The molecule has 15 heavy (non-hydrogen) atoms. The second-order valence-electron chi connectivity index (χ2n) is 4.29. The maximum atomic E-state index is 5.73. The molecule has 0 bridgehead atoms. The van der Waals surface area contributed by atoms with Crippen LogP contribution in [-0.4, -0.2) is 19.5 Å². The van der Waals surface area contributed by atoms with Gasteiger partial charge >= 0.3 is 0 Å². The van der Waals surface area contributed by atoms with Crippen molar-refractivity contribution in [2.24, 2.45) is 11.8 Å². The molecule has 5 heteroatoms. The van der Waals surface area contributed by atoms with Crippen LogP contribution in [0.15, 0.2) is 12.7 Å². The first-order chi connectivity index (χ1) is 7.20. The summed E-state index contributed by atoms with van der Waals surface area (Å²) >= 11 is 0. The zero-order valence-electron chi connectivity index (χ0n) is 8.75. The Bertz CT molecular complexity index is 510. The Labute approximate surface area is 87.3 Å². The summed E-state index contributed by atoms with van der Waals surface area (Å²) in [6, 6.07) is 0.518. The van der Waals surface area contributed by atoms with Gasteiger partial charge in [-0.25, -0.2) is 15.0 Å². The topological polar surface area (TPSA) is 69.6 Å². The van der Waals surface area contributed by atoms with Gasteiger partial charge in [0.25, 0.3) is 0 Å². The number of nitrogens with two attached hydrogens (primary N) is 1. The van der Waals surface area contributed by atoms with E-state index in [4.69, 9.17) is 5.73 Å². The molecule has 0 aromatic carbocycles. The number of nitrogen functional groups attached to an aromatic ring is 1. The molecular formula is C10H13N5. The van der Waals surface area contributed by atoms with E-state index in [1.54, 1.807) is 0 Å². The highest BCUT2D eigenvalue weighted by Gasteiger charge is 2.45. The predicted octanol–water partition coefficient (Wildman–Crippen LogP) is 1.24. The van der Waals surface area contributed by atoms with Crippen LogP contribution in [0.1, 0.15) is 19.9 Å². The average Bonchev–Trinajstić information content (AvgIpc) is 2.66. The highest BCUT2D eigenvalue weighted by Crippen LogP contribution is 2.50. The van der Waals surface area contributed by atoms with Crippen LogP contribution >= 0.6 is 0 Å². The van der Waals surface area contributed by atoms with Crippen molar-refractivity contribution in [2.75, 3.05) is 5.73 Å². The van der Waals surface area contributed by atoms with Crippen molar-refractivity contribution in [3.8, 4) is 0 Å². The third-order valence-electron chi connectivity index (χ3n) is 3.47. The molecule has 78 valence electrons. The Kier molecular flexibility index (Phi) is 1.55. The van der Waals surface area contributed by atoms with Gasteiger partial charge in [-0.2, -0.15) is 0 Å². The van der Waals surface area contributed by atoms with E-state index in [-0.39, 0.29) is 0 Å². The van der Waals surface area contributed by atoms with Gasteiger partial charge in [0.2, 0.25) is 0 Å². The van der Waals surface area contributed by atoms with Crippen LogP contribution in [0.4, 0.5) is 5.82 Å². The van der Waals surface area contributed by atoms with Gasteiger partial charge in [-0.1, -0.05) is 13.8 Å². The normalized spacial score (nSPS) is 29.6. The lowest BCUT2D eigenvalue weighted by Gasteiger charge is -2.00. The Morgan fingerprint density at radius 3 is 2.60 bits per heavy atom. The molecule has 2 aromatic rings. The fourth-order valence-electron chi connectivity index (χ4n) is 2.23. The summed E-state index contributed by atoms with van der Waals surface area (Å²) < 4.78 is 2.11. The van der Waals surface area contributed by atoms with E-state index in [0.717, 1.165) is 5.65 Å². The van der Waals surface area contributed by atoms with E-state index in [1.165, 1.54) is 6.33 Å². The SMILES string of the molecule is CC1C(n2cnc3c(N)ncnc32)[C@H]1C. The van der Waals surface area contributed by atoms with Crippen LogP contribution in [0.5, 0.6) is 0 Å². The van der Waals surface area contributed by atoms with Crippen LogP contribution < -0.4 is 5.73 Å². The summed E-state index contributed by atoms with van der Waals surface area (Å²) in [7, 11) is 0. The quantitative estimate of drug-likeness (QED) is 0.757. The molecule has 1 fully saturated rings. The summed E-state index contributed by atoms with van der Waals surface area (Å²) in [4.78, 5) is 12.4. The predicted molar refractivity (Wildman–Crippen MR) is 57.1 cm³/mol. The van der Waals surface area contributed by atoms with E-state index < -0.39 is 0 Å². The second kappa shape index (κ2) is 2.68.